The normalized spacial score (nSPS) is 10.9. The minimum atomic E-state index is -0.368. The van der Waals surface area contributed by atoms with Crippen LogP contribution in [0, 0.1) is 0 Å². The van der Waals surface area contributed by atoms with Gasteiger partial charge in [0.25, 0.3) is 5.56 Å². The molecule has 5 nitrogen and oxygen atoms in total. The Kier molecular flexibility index (Phi) is 4.34. The first-order valence-electron chi connectivity index (χ1n) is 8.62. The SMILES string of the molecule is COc1ccc(-n2c(=O)c3ccccc3n(Cc3ccccc3)c2=O)cc1. The molecule has 0 aliphatic heterocycles. The maximum atomic E-state index is 13.3. The summed E-state index contributed by atoms with van der Waals surface area (Å²) in [6, 6.07) is 23.8. The molecule has 0 saturated carbocycles. The van der Waals surface area contributed by atoms with Gasteiger partial charge in [0.1, 0.15) is 5.75 Å². The molecule has 0 radical (unpaired) electrons. The fourth-order valence-electron chi connectivity index (χ4n) is 3.20. The van der Waals surface area contributed by atoms with Gasteiger partial charge in [0.05, 0.1) is 30.2 Å². The fourth-order valence-corrected chi connectivity index (χ4v) is 3.20. The number of hydrogen-bond acceptors (Lipinski definition) is 3. The number of hydrogen-bond donors (Lipinski definition) is 0. The maximum Gasteiger partial charge on any atom is 0.336 e. The number of aromatic nitrogens is 2. The summed E-state index contributed by atoms with van der Waals surface area (Å²) in [4.78, 5) is 26.3. The van der Waals surface area contributed by atoms with E-state index < -0.39 is 0 Å². The molecule has 4 aromatic rings. The predicted molar refractivity (Wildman–Crippen MR) is 106 cm³/mol. The standard InChI is InChI=1S/C22H18N2O3/c1-27-18-13-11-17(12-14-18)24-21(25)19-9-5-6-10-20(19)23(22(24)26)15-16-7-3-2-4-8-16/h2-14H,15H2,1H3. The van der Waals surface area contributed by atoms with E-state index >= 15 is 0 Å². The van der Waals surface area contributed by atoms with Gasteiger partial charge in [0, 0.05) is 0 Å². The number of nitrogens with zero attached hydrogens (tertiary/aromatic N) is 2. The molecule has 1 heterocycles. The van der Waals surface area contributed by atoms with E-state index in [0.29, 0.717) is 28.9 Å². The van der Waals surface area contributed by atoms with E-state index in [0.717, 1.165) is 5.56 Å². The lowest BCUT2D eigenvalue weighted by molar-refractivity contribution is 0.414. The zero-order valence-electron chi connectivity index (χ0n) is 14.8. The van der Waals surface area contributed by atoms with E-state index in [2.05, 4.69) is 0 Å². The molecular weight excluding hydrogens is 340 g/mol. The average Bonchev–Trinajstić information content (AvgIpc) is 2.72. The number of benzene rings is 3. The second kappa shape index (κ2) is 6.96. The van der Waals surface area contributed by atoms with Crippen molar-refractivity contribution in [2.24, 2.45) is 0 Å². The molecule has 5 heteroatoms. The lowest BCUT2D eigenvalue weighted by Crippen LogP contribution is -2.39. The fraction of sp³-hybridized carbons (Fsp3) is 0.0909. The second-order valence-electron chi connectivity index (χ2n) is 6.21. The minimum Gasteiger partial charge on any atom is -0.497 e. The minimum absolute atomic E-state index is 0.329. The van der Waals surface area contributed by atoms with Crippen LogP contribution in [0.15, 0.2) is 88.5 Å². The first-order valence-corrected chi connectivity index (χ1v) is 8.62. The Bertz CT molecular complexity index is 1210. The first kappa shape index (κ1) is 16.8. The monoisotopic (exact) mass is 358 g/mol. The Morgan fingerprint density at radius 1 is 0.815 bits per heavy atom. The number of para-hydroxylation sites is 1. The summed E-state index contributed by atoms with van der Waals surface area (Å²) in [5.41, 5.74) is 1.43. The highest BCUT2D eigenvalue weighted by Gasteiger charge is 2.14. The van der Waals surface area contributed by atoms with Crippen LogP contribution in [-0.2, 0) is 6.54 Å². The highest BCUT2D eigenvalue weighted by Crippen LogP contribution is 2.15. The average molecular weight is 358 g/mol. The first-order chi connectivity index (χ1) is 13.2. The maximum absolute atomic E-state index is 13.3. The summed E-state index contributed by atoms with van der Waals surface area (Å²) in [5, 5.41) is 0.504. The second-order valence-corrected chi connectivity index (χ2v) is 6.21. The molecule has 4 rings (SSSR count). The molecule has 134 valence electrons. The molecule has 0 bridgehead atoms. The summed E-state index contributed by atoms with van der Waals surface area (Å²) < 4.78 is 8.02. The Balaban J connectivity index is 1.99. The molecule has 0 aliphatic rings. The van der Waals surface area contributed by atoms with Gasteiger partial charge in [-0.05, 0) is 42.0 Å². The van der Waals surface area contributed by atoms with E-state index in [-0.39, 0.29) is 11.2 Å². The molecule has 0 amide bonds. The van der Waals surface area contributed by atoms with E-state index in [4.69, 9.17) is 4.74 Å². The van der Waals surface area contributed by atoms with Crippen LogP contribution in [0.5, 0.6) is 5.75 Å². The smallest absolute Gasteiger partial charge is 0.336 e. The molecule has 27 heavy (non-hydrogen) atoms. The van der Waals surface area contributed by atoms with Crippen molar-refractivity contribution in [1.82, 2.24) is 9.13 Å². The molecule has 0 atom stereocenters. The molecular formula is C22H18N2O3. The van der Waals surface area contributed by atoms with Gasteiger partial charge in [0.2, 0.25) is 0 Å². The lowest BCUT2D eigenvalue weighted by Gasteiger charge is -2.14. The van der Waals surface area contributed by atoms with Gasteiger partial charge in [-0.2, -0.15) is 0 Å². The molecule has 3 aromatic carbocycles. The Hall–Kier alpha value is -3.60. The molecule has 0 saturated heterocycles. The molecule has 0 fully saturated rings. The predicted octanol–water partition coefficient (Wildman–Crippen LogP) is 3.21. The lowest BCUT2D eigenvalue weighted by atomic mass is 10.2. The number of methoxy groups -OCH3 is 1. The summed E-state index contributed by atoms with van der Waals surface area (Å²) >= 11 is 0. The van der Waals surface area contributed by atoms with E-state index in [1.165, 1.54) is 4.57 Å². The molecule has 0 unspecified atom stereocenters. The van der Waals surface area contributed by atoms with Crippen molar-refractivity contribution in [3.8, 4) is 11.4 Å². The summed E-state index contributed by atoms with van der Waals surface area (Å²) in [5.74, 6) is 0.664. The third-order valence-electron chi connectivity index (χ3n) is 4.56. The van der Waals surface area contributed by atoms with E-state index in [1.54, 1.807) is 54.1 Å². The van der Waals surface area contributed by atoms with Crippen LogP contribution in [0.2, 0.25) is 0 Å². The van der Waals surface area contributed by atoms with Crippen molar-refractivity contribution >= 4 is 10.9 Å². The van der Waals surface area contributed by atoms with Crippen molar-refractivity contribution in [2.45, 2.75) is 6.54 Å². The van der Waals surface area contributed by atoms with E-state index in [1.807, 2.05) is 36.4 Å². The topological polar surface area (TPSA) is 53.2 Å². The highest BCUT2D eigenvalue weighted by atomic mass is 16.5. The van der Waals surface area contributed by atoms with Gasteiger partial charge in [-0.3, -0.25) is 9.36 Å². The van der Waals surface area contributed by atoms with Gasteiger partial charge >= 0.3 is 5.69 Å². The van der Waals surface area contributed by atoms with Gasteiger partial charge in [-0.1, -0.05) is 42.5 Å². The third-order valence-corrected chi connectivity index (χ3v) is 4.56. The van der Waals surface area contributed by atoms with Gasteiger partial charge in [-0.25, -0.2) is 9.36 Å². The van der Waals surface area contributed by atoms with Crippen molar-refractivity contribution in [3.05, 3.63) is 105 Å². The van der Waals surface area contributed by atoms with Crippen molar-refractivity contribution in [1.29, 1.82) is 0 Å². The quantitative estimate of drug-likeness (QED) is 0.563. The zero-order chi connectivity index (χ0) is 18.8. The number of fused-ring (bicyclic) bond motifs is 1. The van der Waals surface area contributed by atoms with Gasteiger partial charge in [0.15, 0.2) is 0 Å². The van der Waals surface area contributed by atoms with E-state index in [9.17, 15) is 9.59 Å². The van der Waals surface area contributed by atoms with Crippen molar-refractivity contribution in [3.63, 3.8) is 0 Å². The van der Waals surface area contributed by atoms with Gasteiger partial charge in [-0.15, -0.1) is 0 Å². The van der Waals surface area contributed by atoms with Crippen LogP contribution >= 0.6 is 0 Å². The summed E-state index contributed by atoms with van der Waals surface area (Å²) in [6.45, 7) is 0.386. The molecule has 0 N–H and O–H groups in total. The van der Waals surface area contributed by atoms with Crippen LogP contribution in [0.25, 0.3) is 16.6 Å². The largest absolute Gasteiger partial charge is 0.497 e. The van der Waals surface area contributed by atoms with Crippen LogP contribution in [0.1, 0.15) is 5.56 Å². The summed E-state index contributed by atoms with van der Waals surface area (Å²) in [6.07, 6.45) is 0. The van der Waals surface area contributed by atoms with Crippen LogP contribution < -0.4 is 16.0 Å². The van der Waals surface area contributed by atoms with Crippen LogP contribution in [-0.4, -0.2) is 16.2 Å². The Labute approximate surface area is 155 Å². The third kappa shape index (κ3) is 3.04. The molecule has 0 spiro atoms. The Morgan fingerprint density at radius 3 is 2.19 bits per heavy atom. The van der Waals surface area contributed by atoms with Gasteiger partial charge < -0.3 is 4.74 Å². The Morgan fingerprint density at radius 2 is 1.48 bits per heavy atom. The van der Waals surface area contributed by atoms with Crippen LogP contribution in [0.3, 0.4) is 0 Å². The van der Waals surface area contributed by atoms with Crippen molar-refractivity contribution < 1.29 is 4.74 Å². The van der Waals surface area contributed by atoms with Crippen molar-refractivity contribution in [2.75, 3.05) is 7.11 Å². The molecule has 0 aliphatic carbocycles. The van der Waals surface area contributed by atoms with Crippen LogP contribution in [0.4, 0.5) is 0 Å². The number of ether oxygens (including phenoxy) is 1. The number of rotatable bonds is 4. The zero-order valence-corrected chi connectivity index (χ0v) is 14.8. The highest BCUT2D eigenvalue weighted by molar-refractivity contribution is 5.78. The molecule has 1 aromatic heterocycles. The summed E-state index contributed by atoms with van der Waals surface area (Å²) in [7, 11) is 1.57.